The van der Waals surface area contributed by atoms with Crippen molar-refractivity contribution in [2.75, 3.05) is 6.61 Å². The van der Waals surface area contributed by atoms with E-state index in [2.05, 4.69) is 27.8 Å². The van der Waals surface area contributed by atoms with Crippen molar-refractivity contribution in [1.82, 2.24) is 0 Å². The number of halogens is 1. The molecule has 64 valence electrons. The molecule has 0 aliphatic carbocycles. The molecule has 0 aliphatic heterocycles. The average Bonchev–Trinajstić information content (AvgIpc) is 2.46. The number of furan rings is 1. The lowest BCUT2D eigenvalue weighted by molar-refractivity contribution is 0.290. The van der Waals surface area contributed by atoms with Crippen molar-refractivity contribution < 1.29 is 9.52 Å². The van der Waals surface area contributed by atoms with E-state index in [-0.39, 0.29) is 6.61 Å². The van der Waals surface area contributed by atoms with Crippen molar-refractivity contribution in [1.29, 1.82) is 0 Å². The molecule has 3 heteroatoms. The fourth-order valence-electron chi connectivity index (χ4n) is 0.693. The molecule has 0 saturated heterocycles. The van der Waals surface area contributed by atoms with E-state index in [0.717, 1.165) is 4.47 Å². The molecule has 1 heterocycles. The highest BCUT2D eigenvalue weighted by atomic mass is 79.9. The topological polar surface area (TPSA) is 33.4 Å². The monoisotopic (exact) mass is 228 g/mol. The second kappa shape index (κ2) is 5.02. The van der Waals surface area contributed by atoms with Gasteiger partial charge in [0.1, 0.15) is 0 Å². The summed E-state index contributed by atoms with van der Waals surface area (Å²) in [5.74, 6) is 6.40. The van der Waals surface area contributed by atoms with E-state index >= 15 is 0 Å². The van der Waals surface area contributed by atoms with Gasteiger partial charge in [-0.15, -0.1) is 0 Å². The zero-order valence-electron chi connectivity index (χ0n) is 6.51. The highest BCUT2D eigenvalue weighted by molar-refractivity contribution is 9.10. The van der Waals surface area contributed by atoms with Gasteiger partial charge in [0.05, 0.1) is 10.7 Å². The van der Waals surface area contributed by atoms with Crippen LogP contribution in [0, 0.1) is 11.8 Å². The van der Waals surface area contributed by atoms with Crippen molar-refractivity contribution in [3.63, 3.8) is 0 Å². The third kappa shape index (κ3) is 2.72. The second-order valence-corrected chi connectivity index (χ2v) is 3.08. The summed E-state index contributed by atoms with van der Waals surface area (Å²) in [7, 11) is 0. The molecule has 1 rings (SSSR count). The van der Waals surface area contributed by atoms with Crippen molar-refractivity contribution >= 4 is 15.9 Å². The standard InChI is InChI=1S/C9H9BrO2/c10-8-5-7-12-9(8)4-2-1-3-6-11/h5,7,11H,1,3,6H2. The Hall–Kier alpha value is -0.720. The van der Waals surface area contributed by atoms with Crippen LogP contribution in [0.25, 0.3) is 0 Å². The Balaban J connectivity index is 2.49. The smallest absolute Gasteiger partial charge is 0.190 e. The van der Waals surface area contributed by atoms with Crippen molar-refractivity contribution in [3.8, 4) is 11.8 Å². The van der Waals surface area contributed by atoms with Crippen LogP contribution in [0.2, 0.25) is 0 Å². The highest BCUT2D eigenvalue weighted by Gasteiger charge is 1.96. The molecule has 0 bridgehead atoms. The first kappa shape index (κ1) is 9.37. The Bertz CT molecular complexity index is 293. The lowest BCUT2D eigenvalue weighted by Crippen LogP contribution is -1.78. The van der Waals surface area contributed by atoms with Gasteiger partial charge in [0.15, 0.2) is 5.76 Å². The van der Waals surface area contributed by atoms with Crippen LogP contribution in [0.15, 0.2) is 21.2 Å². The number of hydrogen-bond donors (Lipinski definition) is 1. The molecular formula is C9H9BrO2. The van der Waals surface area contributed by atoms with E-state index in [1.165, 1.54) is 0 Å². The van der Waals surface area contributed by atoms with E-state index in [1.807, 2.05) is 0 Å². The molecule has 12 heavy (non-hydrogen) atoms. The van der Waals surface area contributed by atoms with Gasteiger partial charge in [-0.1, -0.05) is 5.92 Å². The third-order valence-corrected chi connectivity index (χ3v) is 1.90. The average molecular weight is 229 g/mol. The van der Waals surface area contributed by atoms with Crippen LogP contribution in [0.5, 0.6) is 0 Å². The molecule has 0 aliphatic rings. The fourth-order valence-corrected chi connectivity index (χ4v) is 0.994. The first-order valence-electron chi connectivity index (χ1n) is 3.67. The molecule has 0 aromatic carbocycles. The first-order valence-corrected chi connectivity index (χ1v) is 4.46. The van der Waals surface area contributed by atoms with Crippen LogP contribution in [0.3, 0.4) is 0 Å². The minimum absolute atomic E-state index is 0.188. The molecule has 0 amide bonds. The van der Waals surface area contributed by atoms with Crippen LogP contribution in [-0.2, 0) is 0 Å². The normalized spacial score (nSPS) is 9.17. The lowest BCUT2D eigenvalue weighted by Gasteiger charge is -1.84. The number of aliphatic hydroxyl groups excluding tert-OH is 1. The summed E-state index contributed by atoms with van der Waals surface area (Å²) in [6.45, 7) is 0.188. The number of rotatable bonds is 2. The van der Waals surface area contributed by atoms with Gasteiger partial charge in [-0.05, 0) is 34.3 Å². The number of hydrogen-bond acceptors (Lipinski definition) is 2. The molecule has 0 spiro atoms. The van der Waals surface area contributed by atoms with Crippen LogP contribution in [-0.4, -0.2) is 11.7 Å². The van der Waals surface area contributed by atoms with E-state index in [9.17, 15) is 0 Å². The Kier molecular flexibility index (Phi) is 3.92. The molecule has 2 nitrogen and oxygen atoms in total. The molecule has 1 N–H and O–H groups in total. The quantitative estimate of drug-likeness (QED) is 0.622. The molecule has 0 unspecified atom stereocenters. The Morgan fingerprint density at radius 3 is 3.00 bits per heavy atom. The maximum Gasteiger partial charge on any atom is 0.190 e. The Morgan fingerprint density at radius 2 is 2.42 bits per heavy atom. The molecule has 0 radical (unpaired) electrons. The highest BCUT2D eigenvalue weighted by Crippen LogP contribution is 2.15. The molecule has 0 saturated carbocycles. The lowest BCUT2D eigenvalue weighted by atomic mass is 10.3. The molecular weight excluding hydrogens is 220 g/mol. The summed E-state index contributed by atoms with van der Waals surface area (Å²) in [6, 6.07) is 1.80. The second-order valence-electron chi connectivity index (χ2n) is 2.23. The maximum atomic E-state index is 8.48. The largest absolute Gasteiger partial charge is 0.455 e. The van der Waals surface area contributed by atoms with Crippen LogP contribution >= 0.6 is 15.9 Å². The summed E-state index contributed by atoms with van der Waals surface area (Å²) < 4.78 is 5.94. The van der Waals surface area contributed by atoms with Crippen molar-refractivity contribution in [2.45, 2.75) is 12.8 Å². The Labute approximate surface area is 79.7 Å². The summed E-state index contributed by atoms with van der Waals surface area (Å²) >= 11 is 3.29. The first-order chi connectivity index (χ1) is 5.84. The predicted molar refractivity (Wildman–Crippen MR) is 49.6 cm³/mol. The van der Waals surface area contributed by atoms with Gasteiger partial charge in [0, 0.05) is 13.0 Å². The van der Waals surface area contributed by atoms with Gasteiger partial charge in [-0.3, -0.25) is 0 Å². The van der Waals surface area contributed by atoms with Gasteiger partial charge in [0.2, 0.25) is 0 Å². The summed E-state index contributed by atoms with van der Waals surface area (Å²) in [4.78, 5) is 0. The van der Waals surface area contributed by atoms with Gasteiger partial charge in [-0.2, -0.15) is 0 Å². The van der Waals surface area contributed by atoms with E-state index in [4.69, 9.17) is 9.52 Å². The molecule has 0 atom stereocenters. The molecule has 1 aromatic rings. The predicted octanol–water partition coefficient (Wildman–Crippen LogP) is 2.17. The van der Waals surface area contributed by atoms with E-state index in [0.29, 0.717) is 18.6 Å². The van der Waals surface area contributed by atoms with Gasteiger partial charge >= 0.3 is 0 Å². The van der Waals surface area contributed by atoms with Gasteiger partial charge < -0.3 is 9.52 Å². The SMILES string of the molecule is OCCCC#Cc1occc1Br. The van der Waals surface area contributed by atoms with Crippen LogP contribution in [0.4, 0.5) is 0 Å². The minimum Gasteiger partial charge on any atom is -0.455 e. The van der Waals surface area contributed by atoms with Crippen molar-refractivity contribution in [3.05, 3.63) is 22.6 Å². The van der Waals surface area contributed by atoms with Crippen LogP contribution < -0.4 is 0 Å². The molecule has 1 aromatic heterocycles. The van der Waals surface area contributed by atoms with Crippen LogP contribution in [0.1, 0.15) is 18.6 Å². The third-order valence-electron chi connectivity index (χ3n) is 1.28. The van der Waals surface area contributed by atoms with Gasteiger partial charge in [-0.25, -0.2) is 0 Å². The Morgan fingerprint density at radius 1 is 1.58 bits per heavy atom. The summed E-state index contributed by atoms with van der Waals surface area (Å²) in [5.41, 5.74) is 0. The van der Waals surface area contributed by atoms with Crippen molar-refractivity contribution in [2.24, 2.45) is 0 Å². The number of aliphatic hydroxyl groups is 1. The zero-order chi connectivity index (χ0) is 8.81. The molecule has 0 fully saturated rings. The zero-order valence-corrected chi connectivity index (χ0v) is 8.10. The summed E-state index contributed by atoms with van der Waals surface area (Å²) in [5, 5.41) is 8.48. The fraction of sp³-hybridized carbons (Fsp3) is 0.333. The van der Waals surface area contributed by atoms with Gasteiger partial charge in [0.25, 0.3) is 0 Å². The minimum atomic E-state index is 0.188. The van der Waals surface area contributed by atoms with E-state index < -0.39 is 0 Å². The summed E-state index contributed by atoms with van der Waals surface area (Å²) in [6.07, 6.45) is 3.00. The maximum absolute atomic E-state index is 8.48. The number of unbranched alkanes of at least 4 members (excludes halogenated alkanes) is 1. The van der Waals surface area contributed by atoms with E-state index in [1.54, 1.807) is 12.3 Å².